The summed E-state index contributed by atoms with van der Waals surface area (Å²) in [5.41, 5.74) is 2.20. The summed E-state index contributed by atoms with van der Waals surface area (Å²) in [5.74, 6) is 0. The monoisotopic (exact) mass is 214 g/mol. The van der Waals surface area contributed by atoms with Gasteiger partial charge in [-0.05, 0) is 23.8 Å². The molecule has 4 heteroatoms. The highest BCUT2D eigenvalue weighted by Gasteiger charge is 2.00. The van der Waals surface area contributed by atoms with E-state index in [1.807, 2.05) is 12.1 Å². The van der Waals surface area contributed by atoms with Gasteiger partial charge >= 0.3 is 6.09 Å². The van der Waals surface area contributed by atoms with Crippen molar-refractivity contribution in [1.29, 1.82) is 0 Å². The first-order chi connectivity index (χ1) is 7.69. The molecule has 1 heterocycles. The largest absolute Gasteiger partial charge is 0.465 e. The van der Waals surface area contributed by atoms with Crippen molar-refractivity contribution < 1.29 is 9.90 Å². The first kappa shape index (κ1) is 10.2. The number of benzene rings is 1. The van der Waals surface area contributed by atoms with Crippen LogP contribution in [0.15, 0.2) is 37.0 Å². The van der Waals surface area contributed by atoms with Crippen LogP contribution in [-0.2, 0) is 0 Å². The summed E-state index contributed by atoms with van der Waals surface area (Å²) in [6, 6.07) is 7.15. The summed E-state index contributed by atoms with van der Waals surface area (Å²) >= 11 is 0. The molecule has 2 aromatic rings. The molecule has 1 aromatic heterocycles. The van der Waals surface area contributed by atoms with E-state index < -0.39 is 6.09 Å². The molecule has 0 saturated carbocycles. The van der Waals surface area contributed by atoms with Crippen molar-refractivity contribution in [2.45, 2.75) is 0 Å². The molecule has 0 spiro atoms. The molecular formula is C12H10N2O2. The van der Waals surface area contributed by atoms with E-state index in [1.165, 1.54) is 0 Å². The fourth-order valence-electron chi connectivity index (χ4n) is 1.45. The minimum atomic E-state index is -1.08. The van der Waals surface area contributed by atoms with Crippen LogP contribution in [0.4, 0.5) is 10.5 Å². The molecule has 1 aromatic carbocycles. The number of hydrogen-bond donors (Lipinski definition) is 2. The zero-order valence-electron chi connectivity index (χ0n) is 8.47. The number of carboxylic acid groups (broad SMARTS) is 1. The van der Waals surface area contributed by atoms with Crippen molar-refractivity contribution >= 4 is 28.8 Å². The van der Waals surface area contributed by atoms with E-state index in [0.717, 1.165) is 16.5 Å². The highest BCUT2D eigenvalue weighted by Crippen LogP contribution is 2.18. The number of hydrogen-bond acceptors (Lipinski definition) is 2. The van der Waals surface area contributed by atoms with Crippen LogP contribution in [0.2, 0.25) is 0 Å². The fraction of sp³-hybridized carbons (Fsp3) is 0. The Bertz CT molecular complexity index is 564. The molecule has 4 nitrogen and oxygen atoms in total. The van der Waals surface area contributed by atoms with Crippen LogP contribution < -0.4 is 5.32 Å². The number of nitrogens with one attached hydrogen (secondary N) is 1. The molecule has 1 amide bonds. The van der Waals surface area contributed by atoms with Gasteiger partial charge in [0, 0.05) is 17.3 Å². The second-order valence-corrected chi connectivity index (χ2v) is 3.31. The van der Waals surface area contributed by atoms with E-state index in [9.17, 15) is 4.79 Å². The van der Waals surface area contributed by atoms with E-state index in [0.29, 0.717) is 5.69 Å². The number of carbonyl (C=O) groups is 1. The lowest BCUT2D eigenvalue weighted by Gasteiger charge is -2.03. The quantitative estimate of drug-likeness (QED) is 0.807. The van der Waals surface area contributed by atoms with Gasteiger partial charge in [-0.1, -0.05) is 18.7 Å². The van der Waals surface area contributed by atoms with Crippen LogP contribution >= 0.6 is 0 Å². The summed E-state index contributed by atoms with van der Waals surface area (Å²) in [7, 11) is 0. The second-order valence-electron chi connectivity index (χ2n) is 3.31. The van der Waals surface area contributed by atoms with Crippen molar-refractivity contribution in [3.63, 3.8) is 0 Å². The van der Waals surface area contributed by atoms with Crippen LogP contribution in [0, 0.1) is 0 Å². The molecule has 0 aliphatic heterocycles. The van der Waals surface area contributed by atoms with Gasteiger partial charge in [-0.15, -0.1) is 0 Å². The van der Waals surface area contributed by atoms with E-state index >= 15 is 0 Å². The van der Waals surface area contributed by atoms with Gasteiger partial charge in [-0.25, -0.2) is 4.79 Å². The molecule has 2 rings (SSSR count). The molecule has 0 bridgehead atoms. The Balaban J connectivity index is 2.47. The smallest absolute Gasteiger partial charge is 0.409 e. The summed E-state index contributed by atoms with van der Waals surface area (Å²) in [5, 5.41) is 11.8. The molecule has 0 aliphatic carbocycles. The topological polar surface area (TPSA) is 62.2 Å². The normalized spacial score (nSPS) is 10.0. The standard InChI is InChI=1S/C12H10N2O2/c1-2-8-5-9-3-4-10(14-12(15)16)6-11(9)13-7-8/h2-7,14H,1H2,(H,15,16). The van der Waals surface area contributed by atoms with Gasteiger partial charge in [0.25, 0.3) is 0 Å². The molecule has 0 unspecified atom stereocenters. The van der Waals surface area contributed by atoms with E-state index in [2.05, 4.69) is 16.9 Å². The Kier molecular flexibility index (Phi) is 2.55. The molecule has 16 heavy (non-hydrogen) atoms. The van der Waals surface area contributed by atoms with Crippen LogP contribution in [-0.4, -0.2) is 16.2 Å². The van der Waals surface area contributed by atoms with E-state index in [4.69, 9.17) is 5.11 Å². The highest BCUT2D eigenvalue weighted by atomic mass is 16.4. The lowest BCUT2D eigenvalue weighted by atomic mass is 10.1. The summed E-state index contributed by atoms with van der Waals surface area (Å²) < 4.78 is 0. The minimum Gasteiger partial charge on any atom is -0.465 e. The number of fused-ring (bicyclic) bond motifs is 1. The Labute approximate surface area is 92.2 Å². The maximum atomic E-state index is 10.5. The predicted octanol–water partition coefficient (Wildman–Crippen LogP) is 2.97. The average Bonchev–Trinajstić information content (AvgIpc) is 2.27. The third-order valence-electron chi connectivity index (χ3n) is 2.19. The first-order valence-corrected chi connectivity index (χ1v) is 4.71. The van der Waals surface area contributed by atoms with Crippen molar-refractivity contribution in [1.82, 2.24) is 4.98 Å². The Morgan fingerprint density at radius 3 is 2.94 bits per heavy atom. The Morgan fingerprint density at radius 1 is 1.44 bits per heavy atom. The zero-order valence-corrected chi connectivity index (χ0v) is 8.47. The van der Waals surface area contributed by atoms with Gasteiger partial charge < -0.3 is 5.11 Å². The predicted molar refractivity (Wildman–Crippen MR) is 63.5 cm³/mol. The van der Waals surface area contributed by atoms with E-state index in [-0.39, 0.29) is 0 Å². The van der Waals surface area contributed by atoms with Gasteiger partial charge in [-0.3, -0.25) is 10.3 Å². The summed E-state index contributed by atoms with van der Waals surface area (Å²) in [4.78, 5) is 14.7. The van der Waals surface area contributed by atoms with Gasteiger partial charge in [0.2, 0.25) is 0 Å². The van der Waals surface area contributed by atoms with Crippen LogP contribution in [0.25, 0.3) is 17.0 Å². The zero-order chi connectivity index (χ0) is 11.5. The Hall–Kier alpha value is -2.36. The number of pyridine rings is 1. The minimum absolute atomic E-state index is 0.513. The molecule has 0 aliphatic rings. The molecule has 2 N–H and O–H groups in total. The third-order valence-corrected chi connectivity index (χ3v) is 2.19. The van der Waals surface area contributed by atoms with Crippen LogP contribution in [0.5, 0.6) is 0 Å². The number of amides is 1. The molecule has 0 radical (unpaired) electrons. The highest BCUT2D eigenvalue weighted by molar-refractivity contribution is 5.89. The van der Waals surface area contributed by atoms with Crippen LogP contribution in [0.3, 0.4) is 0 Å². The third kappa shape index (κ3) is 2.00. The van der Waals surface area contributed by atoms with Gasteiger partial charge in [0.05, 0.1) is 5.52 Å². The van der Waals surface area contributed by atoms with Crippen molar-refractivity contribution in [3.8, 4) is 0 Å². The number of rotatable bonds is 2. The lowest BCUT2D eigenvalue weighted by Crippen LogP contribution is -2.06. The molecule has 80 valence electrons. The Morgan fingerprint density at radius 2 is 2.25 bits per heavy atom. The first-order valence-electron chi connectivity index (χ1n) is 4.71. The molecule has 0 fully saturated rings. The van der Waals surface area contributed by atoms with Crippen molar-refractivity contribution in [2.24, 2.45) is 0 Å². The second kappa shape index (κ2) is 4.02. The summed E-state index contributed by atoms with van der Waals surface area (Å²) in [6.07, 6.45) is 2.33. The SMILES string of the molecule is C=Cc1cnc2cc(NC(=O)O)ccc2c1. The maximum absolute atomic E-state index is 10.5. The fourth-order valence-corrected chi connectivity index (χ4v) is 1.45. The van der Waals surface area contributed by atoms with Gasteiger partial charge in [0.15, 0.2) is 0 Å². The van der Waals surface area contributed by atoms with Crippen molar-refractivity contribution in [3.05, 3.63) is 42.6 Å². The number of anilines is 1. The summed E-state index contributed by atoms with van der Waals surface area (Å²) in [6.45, 7) is 3.66. The van der Waals surface area contributed by atoms with Gasteiger partial charge in [-0.2, -0.15) is 0 Å². The number of nitrogens with zero attached hydrogens (tertiary/aromatic N) is 1. The van der Waals surface area contributed by atoms with Crippen LogP contribution in [0.1, 0.15) is 5.56 Å². The molecular weight excluding hydrogens is 204 g/mol. The lowest BCUT2D eigenvalue weighted by molar-refractivity contribution is 0.210. The maximum Gasteiger partial charge on any atom is 0.409 e. The van der Waals surface area contributed by atoms with Gasteiger partial charge in [0.1, 0.15) is 0 Å². The molecule has 0 atom stereocenters. The average molecular weight is 214 g/mol. The molecule has 0 saturated heterocycles. The number of aromatic nitrogens is 1. The van der Waals surface area contributed by atoms with Crippen molar-refractivity contribution in [2.75, 3.05) is 5.32 Å². The van der Waals surface area contributed by atoms with E-state index in [1.54, 1.807) is 24.4 Å².